The summed E-state index contributed by atoms with van der Waals surface area (Å²) >= 11 is 0. The summed E-state index contributed by atoms with van der Waals surface area (Å²) < 4.78 is 6.66. The first-order valence-corrected chi connectivity index (χ1v) is 17.1. The summed E-state index contributed by atoms with van der Waals surface area (Å²) in [5.74, 6) is 4.31. The van der Waals surface area contributed by atoms with Crippen LogP contribution in [0.2, 0.25) is 0 Å². The molecule has 1 aliphatic heterocycles. The predicted octanol–water partition coefficient (Wildman–Crippen LogP) is 10.8. The van der Waals surface area contributed by atoms with Gasteiger partial charge in [-0.15, -0.1) is 0 Å². The van der Waals surface area contributed by atoms with Crippen LogP contribution in [0.15, 0.2) is 176 Å². The highest BCUT2D eigenvalue weighted by Gasteiger charge is 2.56. The van der Waals surface area contributed by atoms with Gasteiger partial charge >= 0.3 is 0 Å². The van der Waals surface area contributed by atoms with E-state index in [1.807, 2.05) is 60.7 Å². The quantitative estimate of drug-likeness (QED) is 0.192. The Hall–Kier alpha value is -6.39. The van der Waals surface area contributed by atoms with E-state index < -0.39 is 0 Å². The van der Waals surface area contributed by atoms with Crippen molar-refractivity contribution in [3.8, 4) is 56.8 Å². The Morgan fingerprint density at radius 2 is 0.940 bits per heavy atom. The highest BCUT2D eigenvalue weighted by atomic mass is 16.5. The lowest BCUT2D eigenvalue weighted by Gasteiger charge is -2.43. The van der Waals surface area contributed by atoms with Crippen LogP contribution in [0.4, 0.5) is 0 Å². The second kappa shape index (κ2) is 11.4. The van der Waals surface area contributed by atoms with Gasteiger partial charge in [0.05, 0.1) is 5.41 Å². The van der Waals surface area contributed by atoms with Crippen molar-refractivity contribution in [2.45, 2.75) is 11.3 Å². The molecule has 3 unspecified atom stereocenters. The molecule has 1 spiro atoms. The average Bonchev–Trinajstić information content (AvgIpc) is 3.49. The molecule has 1 aromatic heterocycles. The maximum Gasteiger partial charge on any atom is 0.164 e. The smallest absolute Gasteiger partial charge is 0.164 e. The SMILES string of the molecule is C1=CC2c3ccccc3C3(c4ccccc4Oc4ccc(-c5ccc(-c6nc(-c7ccccc7)nc(-c7ccccc7)n6)cc5)cc43)C2C=C1. The molecule has 50 heavy (non-hydrogen) atoms. The largest absolute Gasteiger partial charge is 0.457 e. The van der Waals surface area contributed by atoms with Crippen LogP contribution in [0.25, 0.3) is 45.3 Å². The van der Waals surface area contributed by atoms with Crippen LogP contribution in [-0.4, -0.2) is 15.0 Å². The number of fused-ring (bicyclic) bond motifs is 9. The van der Waals surface area contributed by atoms with Crippen molar-refractivity contribution in [2.75, 3.05) is 0 Å². The molecule has 0 fully saturated rings. The first kappa shape index (κ1) is 28.6. The summed E-state index contributed by atoms with van der Waals surface area (Å²) in [5.41, 5.74) is 9.89. The van der Waals surface area contributed by atoms with Gasteiger partial charge in [0.15, 0.2) is 17.5 Å². The molecule has 4 heteroatoms. The average molecular weight is 642 g/mol. The third kappa shape index (κ3) is 4.35. The molecule has 3 atom stereocenters. The van der Waals surface area contributed by atoms with E-state index in [0.29, 0.717) is 23.4 Å². The fourth-order valence-electron chi connectivity index (χ4n) is 8.29. The Bertz CT molecular complexity index is 2410. The number of nitrogens with zero attached hydrogens (tertiary/aromatic N) is 3. The topological polar surface area (TPSA) is 47.9 Å². The molecular weight excluding hydrogens is 611 g/mol. The molecule has 0 bridgehead atoms. The molecule has 0 amide bonds. The van der Waals surface area contributed by atoms with E-state index in [4.69, 9.17) is 19.7 Å². The highest BCUT2D eigenvalue weighted by molar-refractivity contribution is 5.76. The molecule has 0 N–H and O–H groups in total. The zero-order chi connectivity index (χ0) is 33.1. The molecule has 7 aromatic rings. The molecule has 0 radical (unpaired) electrons. The number of hydrogen-bond acceptors (Lipinski definition) is 4. The molecule has 6 aromatic carbocycles. The third-order valence-corrected chi connectivity index (χ3v) is 10.5. The van der Waals surface area contributed by atoms with Gasteiger partial charge in [-0.2, -0.15) is 0 Å². The summed E-state index contributed by atoms with van der Waals surface area (Å²) in [6.07, 6.45) is 9.17. The number of allylic oxidation sites excluding steroid dienone is 4. The Labute approximate surface area is 291 Å². The summed E-state index contributed by atoms with van der Waals surface area (Å²) in [6, 6.07) is 53.0. The van der Waals surface area contributed by atoms with Gasteiger partial charge in [-0.1, -0.05) is 158 Å². The van der Waals surface area contributed by atoms with Gasteiger partial charge in [-0.25, -0.2) is 15.0 Å². The molecule has 0 saturated carbocycles. The van der Waals surface area contributed by atoms with Crippen molar-refractivity contribution in [1.29, 1.82) is 0 Å². The number of benzene rings is 6. The van der Waals surface area contributed by atoms with Crippen LogP contribution < -0.4 is 4.74 Å². The van der Waals surface area contributed by atoms with Crippen molar-refractivity contribution < 1.29 is 4.74 Å². The summed E-state index contributed by atoms with van der Waals surface area (Å²) in [4.78, 5) is 14.7. The maximum absolute atomic E-state index is 6.66. The monoisotopic (exact) mass is 641 g/mol. The molecule has 10 rings (SSSR count). The fraction of sp³-hybridized carbons (Fsp3) is 0.0652. The molecule has 3 aliphatic rings. The lowest BCUT2D eigenvalue weighted by atomic mass is 9.61. The van der Waals surface area contributed by atoms with E-state index in [1.165, 1.54) is 22.3 Å². The van der Waals surface area contributed by atoms with Crippen molar-refractivity contribution in [1.82, 2.24) is 15.0 Å². The van der Waals surface area contributed by atoms with E-state index in [0.717, 1.165) is 39.3 Å². The van der Waals surface area contributed by atoms with Crippen molar-refractivity contribution in [3.63, 3.8) is 0 Å². The van der Waals surface area contributed by atoms with Gasteiger partial charge in [-0.3, -0.25) is 0 Å². The van der Waals surface area contributed by atoms with Crippen LogP contribution in [0.5, 0.6) is 11.5 Å². The number of aromatic nitrogens is 3. The lowest BCUT2D eigenvalue weighted by Crippen LogP contribution is -2.37. The zero-order valence-electron chi connectivity index (χ0n) is 27.1. The minimum atomic E-state index is -0.380. The number of ether oxygens (including phenoxy) is 1. The second-order valence-corrected chi connectivity index (χ2v) is 13.1. The fourth-order valence-corrected chi connectivity index (χ4v) is 8.29. The van der Waals surface area contributed by atoms with Crippen LogP contribution in [0.1, 0.15) is 28.2 Å². The van der Waals surface area contributed by atoms with Crippen LogP contribution in [-0.2, 0) is 5.41 Å². The molecular formula is C46H31N3O. The van der Waals surface area contributed by atoms with E-state index in [2.05, 4.69) is 115 Å². The Morgan fingerprint density at radius 3 is 1.64 bits per heavy atom. The van der Waals surface area contributed by atoms with Gasteiger partial charge in [-0.05, 0) is 40.5 Å². The van der Waals surface area contributed by atoms with Gasteiger partial charge in [0.25, 0.3) is 0 Å². The Balaban J connectivity index is 1.09. The molecule has 0 saturated heterocycles. The number of rotatable bonds is 4. The first-order valence-electron chi connectivity index (χ1n) is 17.1. The highest BCUT2D eigenvalue weighted by Crippen LogP contribution is 2.64. The van der Waals surface area contributed by atoms with Gasteiger partial charge in [0.1, 0.15) is 11.5 Å². The lowest BCUT2D eigenvalue weighted by molar-refractivity contribution is 0.374. The first-order chi connectivity index (χ1) is 24.8. The Morgan fingerprint density at radius 1 is 0.420 bits per heavy atom. The van der Waals surface area contributed by atoms with Crippen LogP contribution in [0, 0.1) is 5.92 Å². The second-order valence-electron chi connectivity index (χ2n) is 13.1. The maximum atomic E-state index is 6.66. The number of hydrogen-bond donors (Lipinski definition) is 0. The normalized spacial score (nSPS) is 19.3. The minimum absolute atomic E-state index is 0.229. The molecule has 4 nitrogen and oxygen atoms in total. The van der Waals surface area contributed by atoms with Crippen molar-refractivity contribution in [3.05, 3.63) is 198 Å². The Kier molecular flexibility index (Phi) is 6.50. The summed E-state index contributed by atoms with van der Waals surface area (Å²) in [6.45, 7) is 0. The van der Waals surface area contributed by atoms with E-state index >= 15 is 0 Å². The molecule has 236 valence electrons. The predicted molar refractivity (Wildman–Crippen MR) is 199 cm³/mol. The van der Waals surface area contributed by atoms with Gasteiger partial charge < -0.3 is 4.74 Å². The van der Waals surface area contributed by atoms with Gasteiger partial charge in [0.2, 0.25) is 0 Å². The summed E-state index contributed by atoms with van der Waals surface area (Å²) in [7, 11) is 0. The molecule has 2 aliphatic carbocycles. The summed E-state index contributed by atoms with van der Waals surface area (Å²) in [5, 5.41) is 0. The standard InChI is InChI=1S/C46H31N3O/c1-3-13-31(14-4-1)43-47-44(32-15-5-2-6-16-32)49-45(48-43)33-25-23-30(24-26-33)34-27-28-42-40(29-34)46(39-21-11-12-22-41(39)50-42)37-19-9-7-17-35(37)36-18-8-10-20-38(36)46/h1-29,35,37H. The zero-order valence-corrected chi connectivity index (χ0v) is 27.1. The van der Waals surface area contributed by atoms with Crippen LogP contribution in [0.3, 0.4) is 0 Å². The van der Waals surface area contributed by atoms with Crippen LogP contribution >= 0.6 is 0 Å². The van der Waals surface area contributed by atoms with Gasteiger partial charge in [0, 0.05) is 39.7 Å². The van der Waals surface area contributed by atoms with E-state index in [9.17, 15) is 0 Å². The molecule has 2 heterocycles. The van der Waals surface area contributed by atoms with Crippen molar-refractivity contribution in [2.24, 2.45) is 5.92 Å². The van der Waals surface area contributed by atoms with E-state index in [-0.39, 0.29) is 11.3 Å². The minimum Gasteiger partial charge on any atom is -0.457 e. The van der Waals surface area contributed by atoms with Crippen molar-refractivity contribution >= 4 is 0 Å². The number of para-hydroxylation sites is 1. The van der Waals surface area contributed by atoms with E-state index in [1.54, 1.807) is 0 Å². The third-order valence-electron chi connectivity index (χ3n) is 10.5.